The Morgan fingerprint density at radius 1 is 1.53 bits per heavy atom. The number of rotatable bonds is 2. The van der Waals surface area contributed by atoms with E-state index >= 15 is 0 Å². The Labute approximate surface area is 94.3 Å². The summed E-state index contributed by atoms with van der Waals surface area (Å²) in [7, 11) is 3.60. The van der Waals surface area contributed by atoms with Gasteiger partial charge >= 0.3 is 0 Å². The highest BCUT2D eigenvalue weighted by Crippen LogP contribution is 2.31. The summed E-state index contributed by atoms with van der Waals surface area (Å²) in [6.45, 7) is 0. The number of hydrazone groups is 1. The average molecular weight is 225 g/mol. The van der Waals surface area contributed by atoms with Crippen molar-refractivity contribution in [3.63, 3.8) is 0 Å². The highest BCUT2D eigenvalue weighted by atomic mass is 35.5. The van der Waals surface area contributed by atoms with Crippen LogP contribution in [0, 0.1) is 0 Å². The summed E-state index contributed by atoms with van der Waals surface area (Å²) in [6, 6.07) is 8.23. The van der Waals surface area contributed by atoms with Crippen LogP contribution in [0.15, 0.2) is 29.4 Å². The first-order valence-electron chi connectivity index (χ1n) is 4.80. The van der Waals surface area contributed by atoms with Crippen LogP contribution in [0.25, 0.3) is 0 Å². The second kappa shape index (κ2) is 4.11. The van der Waals surface area contributed by atoms with Crippen molar-refractivity contribution in [3.05, 3.63) is 29.8 Å². The summed E-state index contributed by atoms with van der Waals surface area (Å²) in [4.78, 5) is 0. The largest absolute Gasteiger partial charge is 0.497 e. The van der Waals surface area contributed by atoms with Gasteiger partial charge in [0.2, 0.25) is 0 Å². The molecule has 0 radical (unpaired) electrons. The second-order valence-corrected chi connectivity index (χ2v) is 3.98. The van der Waals surface area contributed by atoms with Crippen LogP contribution in [0.3, 0.4) is 0 Å². The topological polar surface area (TPSA) is 24.8 Å². The van der Waals surface area contributed by atoms with Crippen molar-refractivity contribution < 1.29 is 4.74 Å². The first-order chi connectivity index (χ1) is 7.20. The van der Waals surface area contributed by atoms with Crippen LogP contribution < -0.4 is 4.74 Å². The first kappa shape index (κ1) is 10.3. The number of ether oxygens (including phenoxy) is 1. The van der Waals surface area contributed by atoms with E-state index in [9.17, 15) is 0 Å². The molecule has 3 nitrogen and oxygen atoms in total. The van der Waals surface area contributed by atoms with Gasteiger partial charge in [-0.1, -0.05) is 23.7 Å². The fourth-order valence-corrected chi connectivity index (χ4v) is 2.02. The van der Waals surface area contributed by atoms with E-state index in [1.165, 1.54) is 5.56 Å². The predicted molar refractivity (Wildman–Crippen MR) is 61.4 cm³/mol. The molecular formula is C11H13ClN2O. The zero-order valence-electron chi connectivity index (χ0n) is 8.77. The van der Waals surface area contributed by atoms with Crippen LogP contribution in [-0.4, -0.2) is 24.3 Å². The van der Waals surface area contributed by atoms with Gasteiger partial charge in [0, 0.05) is 13.5 Å². The van der Waals surface area contributed by atoms with Crippen molar-refractivity contribution in [2.45, 2.75) is 12.5 Å². The Kier molecular flexibility index (Phi) is 2.82. The molecule has 2 rings (SSSR count). The molecule has 4 heteroatoms. The zero-order valence-corrected chi connectivity index (χ0v) is 9.53. The highest BCUT2D eigenvalue weighted by molar-refractivity contribution is 6.65. The van der Waals surface area contributed by atoms with Gasteiger partial charge in [0.1, 0.15) is 10.9 Å². The molecular weight excluding hydrogens is 212 g/mol. The molecule has 0 N–H and O–H groups in total. The van der Waals surface area contributed by atoms with Gasteiger partial charge in [0.15, 0.2) is 0 Å². The predicted octanol–water partition coefficient (Wildman–Crippen LogP) is 2.62. The number of hydrogen-bond acceptors (Lipinski definition) is 3. The number of halogens is 1. The van der Waals surface area contributed by atoms with Crippen molar-refractivity contribution in [1.82, 2.24) is 5.01 Å². The maximum Gasteiger partial charge on any atom is 0.128 e. The average Bonchev–Trinajstić information content (AvgIpc) is 2.58. The van der Waals surface area contributed by atoms with Crippen molar-refractivity contribution >= 4 is 16.8 Å². The van der Waals surface area contributed by atoms with Gasteiger partial charge in [-0.05, 0) is 17.7 Å². The standard InChI is InChI=1S/C11H13ClN2O/c1-14-10(7-11(12)13-14)8-4-3-5-9(6-8)15-2/h3-6,10H,7H2,1-2H3. The van der Waals surface area contributed by atoms with Gasteiger partial charge in [-0.25, -0.2) is 0 Å². The molecule has 0 saturated carbocycles. The van der Waals surface area contributed by atoms with E-state index < -0.39 is 0 Å². The Morgan fingerprint density at radius 2 is 2.33 bits per heavy atom. The lowest BCUT2D eigenvalue weighted by Crippen LogP contribution is -2.13. The van der Waals surface area contributed by atoms with Crippen LogP contribution in [0.5, 0.6) is 5.75 Å². The van der Waals surface area contributed by atoms with Crippen molar-refractivity contribution in [1.29, 1.82) is 0 Å². The summed E-state index contributed by atoms with van der Waals surface area (Å²) in [6.07, 6.45) is 0.769. The fourth-order valence-electron chi connectivity index (χ4n) is 1.76. The van der Waals surface area contributed by atoms with Gasteiger partial charge in [-0.15, -0.1) is 0 Å². The van der Waals surface area contributed by atoms with E-state index in [4.69, 9.17) is 16.3 Å². The minimum atomic E-state index is 0.229. The summed E-state index contributed by atoms with van der Waals surface area (Å²) in [5, 5.41) is 6.72. The molecule has 1 atom stereocenters. The number of nitrogens with zero attached hydrogens (tertiary/aromatic N) is 2. The Morgan fingerprint density at radius 3 is 2.93 bits per heavy atom. The summed E-state index contributed by atoms with van der Waals surface area (Å²) >= 11 is 5.90. The maximum atomic E-state index is 5.90. The minimum absolute atomic E-state index is 0.229. The molecule has 1 aliphatic heterocycles. The van der Waals surface area contributed by atoms with Gasteiger partial charge in [0.05, 0.1) is 13.2 Å². The van der Waals surface area contributed by atoms with E-state index in [1.807, 2.05) is 30.3 Å². The molecule has 0 bridgehead atoms. The van der Waals surface area contributed by atoms with Crippen molar-refractivity contribution in [2.24, 2.45) is 5.10 Å². The Balaban J connectivity index is 2.23. The maximum absolute atomic E-state index is 5.90. The Bertz CT molecular complexity index is 392. The molecule has 0 spiro atoms. The molecule has 0 aliphatic carbocycles. The molecule has 1 aliphatic rings. The molecule has 80 valence electrons. The molecule has 0 aromatic heterocycles. The lowest BCUT2D eigenvalue weighted by molar-refractivity contribution is 0.289. The molecule has 1 heterocycles. The molecule has 1 aromatic carbocycles. The minimum Gasteiger partial charge on any atom is -0.497 e. The van der Waals surface area contributed by atoms with Crippen LogP contribution in [0.4, 0.5) is 0 Å². The number of hydrogen-bond donors (Lipinski definition) is 0. The lowest BCUT2D eigenvalue weighted by atomic mass is 10.0. The molecule has 0 saturated heterocycles. The van der Waals surface area contributed by atoms with Gasteiger partial charge in [-0.3, -0.25) is 5.01 Å². The molecule has 15 heavy (non-hydrogen) atoms. The van der Waals surface area contributed by atoms with Crippen LogP contribution in [0.2, 0.25) is 0 Å². The third-order valence-electron chi connectivity index (χ3n) is 2.56. The van der Waals surface area contributed by atoms with Crippen molar-refractivity contribution in [2.75, 3.05) is 14.2 Å². The van der Waals surface area contributed by atoms with Gasteiger partial charge < -0.3 is 4.74 Å². The first-order valence-corrected chi connectivity index (χ1v) is 5.18. The molecule has 0 amide bonds. The van der Waals surface area contributed by atoms with Crippen LogP contribution >= 0.6 is 11.6 Å². The second-order valence-electron chi connectivity index (χ2n) is 3.55. The lowest BCUT2D eigenvalue weighted by Gasteiger charge is -2.19. The fraction of sp³-hybridized carbons (Fsp3) is 0.364. The SMILES string of the molecule is COc1cccc(C2CC(Cl)=NN2C)c1. The third kappa shape index (κ3) is 2.07. The smallest absolute Gasteiger partial charge is 0.128 e. The van der Waals surface area contributed by atoms with E-state index in [-0.39, 0.29) is 6.04 Å². The van der Waals surface area contributed by atoms with E-state index in [1.54, 1.807) is 7.11 Å². The van der Waals surface area contributed by atoms with E-state index in [2.05, 4.69) is 11.2 Å². The van der Waals surface area contributed by atoms with E-state index in [0.717, 1.165) is 12.2 Å². The zero-order chi connectivity index (χ0) is 10.8. The van der Waals surface area contributed by atoms with Crippen LogP contribution in [-0.2, 0) is 0 Å². The molecule has 1 aromatic rings. The number of benzene rings is 1. The summed E-state index contributed by atoms with van der Waals surface area (Å²) in [5.74, 6) is 0.865. The van der Waals surface area contributed by atoms with Gasteiger partial charge in [-0.2, -0.15) is 5.10 Å². The van der Waals surface area contributed by atoms with Crippen LogP contribution in [0.1, 0.15) is 18.0 Å². The van der Waals surface area contributed by atoms with Crippen molar-refractivity contribution in [3.8, 4) is 5.75 Å². The summed E-state index contributed by atoms with van der Waals surface area (Å²) < 4.78 is 5.19. The quantitative estimate of drug-likeness (QED) is 0.772. The number of methoxy groups -OCH3 is 1. The van der Waals surface area contributed by atoms with E-state index in [0.29, 0.717) is 5.17 Å². The normalized spacial score (nSPS) is 20.3. The highest BCUT2D eigenvalue weighted by Gasteiger charge is 2.24. The third-order valence-corrected chi connectivity index (χ3v) is 2.79. The Hall–Kier alpha value is -1.22. The molecule has 1 unspecified atom stereocenters. The summed E-state index contributed by atoms with van der Waals surface area (Å²) in [5.41, 5.74) is 1.18. The van der Waals surface area contributed by atoms with Gasteiger partial charge in [0.25, 0.3) is 0 Å². The monoisotopic (exact) mass is 224 g/mol. The molecule has 0 fully saturated rings.